The molecule has 0 aliphatic heterocycles. The summed E-state index contributed by atoms with van der Waals surface area (Å²) in [5, 5.41) is 5.40. The van der Waals surface area contributed by atoms with E-state index in [2.05, 4.69) is 10.6 Å². The summed E-state index contributed by atoms with van der Waals surface area (Å²) in [7, 11) is 0. The zero-order chi connectivity index (χ0) is 16.7. The van der Waals surface area contributed by atoms with Crippen LogP contribution in [0.4, 0.5) is 15.8 Å². The van der Waals surface area contributed by atoms with Crippen molar-refractivity contribution in [2.24, 2.45) is 0 Å². The van der Waals surface area contributed by atoms with Crippen LogP contribution in [0, 0.1) is 5.82 Å². The fourth-order valence-electron chi connectivity index (χ4n) is 2.04. The van der Waals surface area contributed by atoms with Gasteiger partial charge in [-0.1, -0.05) is 19.4 Å². The molecule has 0 aromatic heterocycles. The van der Waals surface area contributed by atoms with Crippen LogP contribution < -0.4 is 10.6 Å². The Morgan fingerprint density at radius 2 is 1.74 bits per heavy atom. The number of unbranched alkanes of at least 4 members (excludes halogenated alkanes) is 1. The van der Waals surface area contributed by atoms with E-state index in [4.69, 9.17) is 0 Å². The molecule has 0 radical (unpaired) electrons. The molecule has 0 saturated carbocycles. The molecule has 2 N–H and O–H groups in total. The molecule has 0 aliphatic carbocycles. The van der Waals surface area contributed by atoms with E-state index < -0.39 is 5.82 Å². The van der Waals surface area contributed by atoms with Gasteiger partial charge in [0.2, 0.25) is 5.91 Å². The molecule has 5 heteroatoms. The van der Waals surface area contributed by atoms with Gasteiger partial charge in [-0.25, -0.2) is 4.39 Å². The number of carbonyl (C=O) groups is 2. The second-order valence-electron chi connectivity index (χ2n) is 5.19. The number of hydrogen-bond acceptors (Lipinski definition) is 2. The fourth-order valence-corrected chi connectivity index (χ4v) is 2.04. The summed E-state index contributed by atoms with van der Waals surface area (Å²) in [5.74, 6) is -0.781. The third-order valence-electron chi connectivity index (χ3n) is 3.27. The van der Waals surface area contributed by atoms with E-state index in [1.165, 1.54) is 18.2 Å². The Labute approximate surface area is 134 Å². The molecule has 0 saturated heterocycles. The van der Waals surface area contributed by atoms with Crippen LogP contribution in [-0.4, -0.2) is 11.8 Å². The van der Waals surface area contributed by atoms with Crippen molar-refractivity contribution >= 4 is 23.2 Å². The lowest BCUT2D eigenvalue weighted by Crippen LogP contribution is -2.13. The number of carbonyl (C=O) groups excluding carboxylic acids is 2. The number of anilines is 2. The van der Waals surface area contributed by atoms with Crippen molar-refractivity contribution in [2.45, 2.75) is 26.2 Å². The number of nitrogens with one attached hydrogen (secondary N) is 2. The zero-order valence-electron chi connectivity index (χ0n) is 12.9. The second-order valence-corrected chi connectivity index (χ2v) is 5.19. The summed E-state index contributed by atoms with van der Waals surface area (Å²) in [6.07, 6.45) is 2.30. The Hall–Kier alpha value is -2.69. The first-order valence-electron chi connectivity index (χ1n) is 7.55. The maximum atomic E-state index is 13.1. The first-order chi connectivity index (χ1) is 11.1. The first-order valence-corrected chi connectivity index (χ1v) is 7.55. The summed E-state index contributed by atoms with van der Waals surface area (Å²) in [4.78, 5) is 23.7. The van der Waals surface area contributed by atoms with Crippen LogP contribution in [0.25, 0.3) is 0 Å². The zero-order valence-corrected chi connectivity index (χ0v) is 12.9. The van der Waals surface area contributed by atoms with Crippen molar-refractivity contribution < 1.29 is 14.0 Å². The van der Waals surface area contributed by atoms with Crippen LogP contribution in [0.15, 0.2) is 48.5 Å². The van der Waals surface area contributed by atoms with E-state index in [9.17, 15) is 14.0 Å². The molecule has 0 unspecified atom stereocenters. The van der Waals surface area contributed by atoms with Gasteiger partial charge in [0.05, 0.1) is 0 Å². The van der Waals surface area contributed by atoms with E-state index in [1.54, 1.807) is 30.3 Å². The average molecular weight is 314 g/mol. The van der Waals surface area contributed by atoms with Gasteiger partial charge in [-0.2, -0.15) is 0 Å². The average Bonchev–Trinajstić information content (AvgIpc) is 2.53. The topological polar surface area (TPSA) is 58.2 Å². The lowest BCUT2D eigenvalue weighted by atomic mass is 10.1. The molecule has 0 heterocycles. The smallest absolute Gasteiger partial charge is 0.255 e. The van der Waals surface area contributed by atoms with Gasteiger partial charge in [-0.05, 0) is 48.9 Å². The molecule has 0 bridgehead atoms. The Morgan fingerprint density at radius 1 is 1.00 bits per heavy atom. The van der Waals surface area contributed by atoms with Gasteiger partial charge < -0.3 is 10.6 Å². The summed E-state index contributed by atoms with van der Waals surface area (Å²) in [6, 6.07) is 12.3. The van der Waals surface area contributed by atoms with E-state index in [0.717, 1.165) is 12.8 Å². The molecular formula is C18H19FN2O2. The molecule has 23 heavy (non-hydrogen) atoms. The van der Waals surface area contributed by atoms with Gasteiger partial charge in [-0.15, -0.1) is 0 Å². The molecule has 2 amide bonds. The Bertz CT molecular complexity index is 684. The highest BCUT2D eigenvalue weighted by molar-refractivity contribution is 6.04. The molecular weight excluding hydrogens is 295 g/mol. The molecule has 0 atom stereocenters. The van der Waals surface area contributed by atoms with Crippen molar-refractivity contribution in [1.82, 2.24) is 0 Å². The quantitative estimate of drug-likeness (QED) is 0.839. The number of amides is 2. The molecule has 0 fully saturated rings. The van der Waals surface area contributed by atoms with E-state index in [-0.39, 0.29) is 11.8 Å². The summed E-state index contributed by atoms with van der Waals surface area (Å²) in [5.41, 5.74) is 1.47. The van der Waals surface area contributed by atoms with Crippen LogP contribution in [0.5, 0.6) is 0 Å². The molecule has 120 valence electrons. The standard InChI is InChI=1S/C18H19FN2O2/c1-2-3-7-17(22)20-15-10-8-13(9-11-15)18(23)21-16-6-4-5-14(19)12-16/h4-6,8-12H,2-3,7H2,1H3,(H,20,22)(H,21,23). The molecule has 2 aromatic rings. The predicted molar refractivity (Wildman–Crippen MR) is 88.9 cm³/mol. The molecule has 4 nitrogen and oxygen atoms in total. The van der Waals surface area contributed by atoms with Crippen molar-refractivity contribution in [3.63, 3.8) is 0 Å². The largest absolute Gasteiger partial charge is 0.326 e. The van der Waals surface area contributed by atoms with E-state index >= 15 is 0 Å². The van der Waals surface area contributed by atoms with Crippen molar-refractivity contribution in [2.75, 3.05) is 10.6 Å². The number of halogens is 1. The van der Waals surface area contributed by atoms with Crippen LogP contribution in [0.1, 0.15) is 36.5 Å². The summed E-state index contributed by atoms with van der Waals surface area (Å²) >= 11 is 0. The van der Waals surface area contributed by atoms with Gasteiger partial charge in [0.15, 0.2) is 0 Å². The third-order valence-corrected chi connectivity index (χ3v) is 3.27. The van der Waals surface area contributed by atoms with Crippen LogP contribution in [-0.2, 0) is 4.79 Å². The van der Waals surface area contributed by atoms with Crippen LogP contribution in [0.2, 0.25) is 0 Å². The van der Waals surface area contributed by atoms with Crippen LogP contribution in [0.3, 0.4) is 0 Å². The third kappa shape index (κ3) is 5.21. The minimum Gasteiger partial charge on any atom is -0.326 e. The van der Waals surface area contributed by atoms with Gasteiger partial charge in [-0.3, -0.25) is 9.59 Å². The number of benzene rings is 2. The monoisotopic (exact) mass is 314 g/mol. The molecule has 0 spiro atoms. The van der Waals surface area contributed by atoms with Gasteiger partial charge in [0.1, 0.15) is 5.82 Å². The Morgan fingerprint density at radius 3 is 2.39 bits per heavy atom. The Balaban J connectivity index is 1.96. The van der Waals surface area contributed by atoms with Gasteiger partial charge in [0.25, 0.3) is 5.91 Å². The predicted octanol–water partition coefficient (Wildman–Crippen LogP) is 4.21. The first kappa shape index (κ1) is 16.7. The van der Waals surface area contributed by atoms with Gasteiger partial charge in [0, 0.05) is 23.4 Å². The highest BCUT2D eigenvalue weighted by Crippen LogP contribution is 2.14. The van der Waals surface area contributed by atoms with Crippen LogP contribution >= 0.6 is 0 Å². The van der Waals surface area contributed by atoms with E-state index in [0.29, 0.717) is 23.4 Å². The minimum absolute atomic E-state index is 0.0381. The molecule has 0 aliphatic rings. The lowest BCUT2D eigenvalue weighted by Gasteiger charge is -2.07. The Kier molecular flexibility index (Phi) is 5.86. The second kappa shape index (κ2) is 8.08. The van der Waals surface area contributed by atoms with Crippen molar-refractivity contribution in [3.8, 4) is 0 Å². The molecule has 2 aromatic carbocycles. The number of rotatable bonds is 6. The minimum atomic E-state index is -0.409. The SMILES string of the molecule is CCCCC(=O)Nc1ccc(C(=O)Nc2cccc(F)c2)cc1. The van der Waals surface area contributed by atoms with Crippen molar-refractivity contribution in [3.05, 3.63) is 59.9 Å². The highest BCUT2D eigenvalue weighted by atomic mass is 19.1. The summed E-state index contributed by atoms with van der Waals surface area (Å²) < 4.78 is 13.1. The molecule has 2 rings (SSSR count). The van der Waals surface area contributed by atoms with Gasteiger partial charge >= 0.3 is 0 Å². The van der Waals surface area contributed by atoms with E-state index in [1.807, 2.05) is 6.92 Å². The normalized spacial score (nSPS) is 10.2. The maximum Gasteiger partial charge on any atom is 0.255 e. The summed E-state index contributed by atoms with van der Waals surface area (Å²) in [6.45, 7) is 2.03. The number of hydrogen-bond donors (Lipinski definition) is 2. The maximum absolute atomic E-state index is 13.1. The lowest BCUT2D eigenvalue weighted by molar-refractivity contribution is -0.116. The van der Waals surface area contributed by atoms with Crippen molar-refractivity contribution in [1.29, 1.82) is 0 Å². The fraction of sp³-hybridized carbons (Fsp3) is 0.222. The highest BCUT2D eigenvalue weighted by Gasteiger charge is 2.07.